The van der Waals surface area contributed by atoms with E-state index in [4.69, 9.17) is 10.5 Å². The third kappa shape index (κ3) is 3.69. The van der Waals surface area contributed by atoms with Gasteiger partial charge in [-0.05, 0) is 19.1 Å². The van der Waals surface area contributed by atoms with Crippen LogP contribution in [0.15, 0.2) is 23.1 Å². The van der Waals surface area contributed by atoms with Gasteiger partial charge in [0.1, 0.15) is 5.69 Å². The Hall–Kier alpha value is -1.71. The monoisotopic (exact) mass is 317 g/mol. The highest BCUT2D eigenvalue weighted by atomic mass is 32.2. The van der Waals surface area contributed by atoms with E-state index in [0.29, 0.717) is 0 Å². The van der Waals surface area contributed by atoms with E-state index in [0.717, 1.165) is 6.07 Å². The molecule has 0 bridgehead atoms. The van der Waals surface area contributed by atoms with Crippen LogP contribution in [0.1, 0.15) is 13.8 Å². The molecular weight excluding hydrogens is 298 g/mol. The van der Waals surface area contributed by atoms with Crippen molar-refractivity contribution >= 4 is 21.4 Å². The van der Waals surface area contributed by atoms with E-state index in [1.807, 2.05) is 0 Å². The Morgan fingerprint density at radius 3 is 2.57 bits per heavy atom. The molecule has 1 aromatic rings. The number of ether oxygens (including phenoxy) is 1. The number of sulfonamides is 1. The zero-order valence-electron chi connectivity index (χ0n) is 12.1. The molecule has 0 spiro atoms. The summed E-state index contributed by atoms with van der Waals surface area (Å²) in [5.74, 6) is 0. The molecule has 0 saturated heterocycles. The number of nitrogen functional groups attached to an aromatic ring is 1. The van der Waals surface area contributed by atoms with Crippen LogP contribution in [0.5, 0.6) is 0 Å². The highest BCUT2D eigenvalue weighted by molar-refractivity contribution is 7.89. The number of nitrogens with zero attached hydrogens (tertiary/aromatic N) is 2. The van der Waals surface area contributed by atoms with E-state index < -0.39 is 20.6 Å². The lowest BCUT2D eigenvalue weighted by molar-refractivity contribution is -0.384. The van der Waals surface area contributed by atoms with Gasteiger partial charge in [-0.1, -0.05) is 6.92 Å². The Morgan fingerprint density at radius 2 is 2.10 bits per heavy atom. The first-order chi connectivity index (χ1) is 9.75. The Bertz CT molecular complexity index is 617. The average molecular weight is 317 g/mol. The first kappa shape index (κ1) is 17.3. The van der Waals surface area contributed by atoms with Crippen LogP contribution >= 0.6 is 0 Å². The lowest BCUT2D eigenvalue weighted by Crippen LogP contribution is -2.40. The number of hydrogen-bond acceptors (Lipinski definition) is 6. The fraction of sp³-hybridized carbons (Fsp3) is 0.500. The quantitative estimate of drug-likeness (QED) is 0.459. The second kappa shape index (κ2) is 6.83. The third-order valence-corrected chi connectivity index (χ3v) is 5.10. The molecular formula is C12H19N3O5S. The van der Waals surface area contributed by atoms with Crippen molar-refractivity contribution in [1.29, 1.82) is 0 Å². The van der Waals surface area contributed by atoms with Gasteiger partial charge in [-0.2, -0.15) is 4.31 Å². The molecule has 1 atom stereocenters. The first-order valence-electron chi connectivity index (χ1n) is 6.30. The minimum atomic E-state index is -3.85. The van der Waals surface area contributed by atoms with Gasteiger partial charge in [0, 0.05) is 25.8 Å². The van der Waals surface area contributed by atoms with Gasteiger partial charge in [-0.15, -0.1) is 0 Å². The molecule has 0 aliphatic heterocycles. The highest BCUT2D eigenvalue weighted by Gasteiger charge is 2.29. The fourth-order valence-electron chi connectivity index (χ4n) is 2.02. The lowest BCUT2D eigenvalue weighted by atomic mass is 10.3. The first-order valence-corrected chi connectivity index (χ1v) is 7.74. The van der Waals surface area contributed by atoms with E-state index in [2.05, 4.69) is 0 Å². The molecule has 0 aliphatic carbocycles. The molecule has 8 nitrogen and oxygen atoms in total. The number of likely N-dealkylation sites (N-methyl/N-ethyl adjacent to an activating group) is 1. The molecule has 0 aromatic heterocycles. The van der Waals surface area contributed by atoms with Crippen molar-refractivity contribution in [1.82, 2.24) is 4.31 Å². The molecule has 0 amide bonds. The molecule has 2 N–H and O–H groups in total. The lowest BCUT2D eigenvalue weighted by Gasteiger charge is -2.26. The van der Waals surface area contributed by atoms with Crippen LogP contribution in [0.3, 0.4) is 0 Å². The summed E-state index contributed by atoms with van der Waals surface area (Å²) in [5, 5.41) is 10.9. The Morgan fingerprint density at radius 1 is 1.48 bits per heavy atom. The number of benzene rings is 1. The predicted molar refractivity (Wildman–Crippen MR) is 78.4 cm³/mol. The number of nitrogens with two attached hydrogens (primary N) is 1. The van der Waals surface area contributed by atoms with Crippen molar-refractivity contribution in [2.45, 2.75) is 24.8 Å². The minimum Gasteiger partial charge on any atom is -0.393 e. The average Bonchev–Trinajstić information content (AvgIpc) is 2.39. The topological polar surface area (TPSA) is 116 Å². The van der Waals surface area contributed by atoms with Crippen molar-refractivity contribution in [3.05, 3.63) is 28.3 Å². The number of hydrogen-bond donors (Lipinski definition) is 1. The van der Waals surface area contributed by atoms with E-state index in [1.165, 1.54) is 23.5 Å². The van der Waals surface area contributed by atoms with Gasteiger partial charge in [0.25, 0.3) is 5.69 Å². The normalized spacial score (nSPS) is 13.3. The summed E-state index contributed by atoms with van der Waals surface area (Å²) < 4.78 is 31.3. The summed E-state index contributed by atoms with van der Waals surface area (Å²) in [6, 6.07) is 3.08. The minimum absolute atomic E-state index is 0.0769. The smallest absolute Gasteiger partial charge is 0.293 e. The van der Waals surface area contributed by atoms with Crippen LogP contribution in [-0.4, -0.2) is 43.9 Å². The summed E-state index contributed by atoms with van der Waals surface area (Å²) in [6.07, 6.45) is 0. The van der Waals surface area contributed by atoms with Crippen molar-refractivity contribution in [2.75, 3.05) is 26.0 Å². The number of methoxy groups -OCH3 is 1. The van der Waals surface area contributed by atoms with Gasteiger partial charge in [0.2, 0.25) is 10.0 Å². The maximum absolute atomic E-state index is 12.6. The van der Waals surface area contributed by atoms with Crippen LogP contribution in [-0.2, 0) is 14.8 Å². The van der Waals surface area contributed by atoms with E-state index in [-0.39, 0.29) is 29.8 Å². The van der Waals surface area contributed by atoms with Crippen LogP contribution in [0.25, 0.3) is 0 Å². The second-order valence-electron chi connectivity index (χ2n) is 4.49. The Labute approximate surface area is 123 Å². The Balaban J connectivity index is 3.29. The summed E-state index contributed by atoms with van der Waals surface area (Å²) >= 11 is 0. The largest absolute Gasteiger partial charge is 0.393 e. The zero-order valence-corrected chi connectivity index (χ0v) is 13.0. The number of anilines is 1. The summed E-state index contributed by atoms with van der Waals surface area (Å²) in [5.41, 5.74) is 4.98. The summed E-state index contributed by atoms with van der Waals surface area (Å²) in [4.78, 5) is 10.0. The Kier molecular flexibility index (Phi) is 5.64. The number of nitro benzene ring substituents is 1. The highest BCUT2D eigenvalue weighted by Crippen LogP contribution is 2.27. The van der Waals surface area contributed by atoms with E-state index in [9.17, 15) is 18.5 Å². The molecule has 1 rings (SSSR count). The molecule has 0 fully saturated rings. The van der Waals surface area contributed by atoms with Gasteiger partial charge >= 0.3 is 0 Å². The van der Waals surface area contributed by atoms with Crippen molar-refractivity contribution in [2.24, 2.45) is 0 Å². The molecule has 21 heavy (non-hydrogen) atoms. The maximum Gasteiger partial charge on any atom is 0.293 e. The molecule has 0 saturated carbocycles. The summed E-state index contributed by atoms with van der Waals surface area (Å²) in [6.45, 7) is 3.85. The van der Waals surface area contributed by atoms with Gasteiger partial charge in [0.05, 0.1) is 16.4 Å². The van der Waals surface area contributed by atoms with Crippen LogP contribution < -0.4 is 5.73 Å². The van der Waals surface area contributed by atoms with Crippen LogP contribution in [0, 0.1) is 10.1 Å². The second-order valence-corrected chi connectivity index (χ2v) is 6.38. The standard InChI is InChI=1S/C12H19N3O5S/c1-4-14(9(2)8-20-3)21(18,19)10-5-6-11(13)12(7-10)15(16)17/h5-7,9H,4,8,13H2,1-3H3. The third-order valence-electron chi connectivity index (χ3n) is 3.02. The molecule has 118 valence electrons. The van der Waals surface area contributed by atoms with Gasteiger partial charge in [0.15, 0.2) is 0 Å². The van der Waals surface area contributed by atoms with Gasteiger partial charge in [-0.3, -0.25) is 10.1 Å². The van der Waals surface area contributed by atoms with Crippen molar-refractivity contribution in [3.63, 3.8) is 0 Å². The fourth-order valence-corrected chi connectivity index (χ4v) is 3.67. The van der Waals surface area contributed by atoms with E-state index >= 15 is 0 Å². The van der Waals surface area contributed by atoms with Crippen molar-refractivity contribution in [3.8, 4) is 0 Å². The predicted octanol–water partition coefficient (Wildman–Crippen LogP) is 1.22. The molecule has 1 aromatic carbocycles. The van der Waals surface area contributed by atoms with Gasteiger partial charge < -0.3 is 10.5 Å². The van der Waals surface area contributed by atoms with Crippen LogP contribution in [0.4, 0.5) is 11.4 Å². The van der Waals surface area contributed by atoms with E-state index in [1.54, 1.807) is 13.8 Å². The number of rotatable bonds is 7. The van der Waals surface area contributed by atoms with Crippen molar-refractivity contribution < 1.29 is 18.1 Å². The van der Waals surface area contributed by atoms with Gasteiger partial charge in [-0.25, -0.2) is 8.42 Å². The maximum atomic E-state index is 12.6. The molecule has 0 heterocycles. The zero-order chi connectivity index (χ0) is 16.2. The summed E-state index contributed by atoms with van der Waals surface area (Å²) in [7, 11) is -2.37. The molecule has 0 aliphatic rings. The molecule has 1 unspecified atom stereocenters. The van der Waals surface area contributed by atoms with Crippen LogP contribution in [0.2, 0.25) is 0 Å². The SMILES string of the molecule is CCN(C(C)COC)S(=O)(=O)c1ccc(N)c([N+](=O)[O-])c1. The molecule has 9 heteroatoms. The number of nitro groups is 1. The molecule has 0 radical (unpaired) electrons.